The van der Waals surface area contributed by atoms with Crippen LogP contribution in [0.1, 0.15) is 11.3 Å². The lowest BCUT2D eigenvalue weighted by atomic mass is 10.2. The van der Waals surface area contributed by atoms with Gasteiger partial charge in [0.25, 0.3) is 0 Å². The summed E-state index contributed by atoms with van der Waals surface area (Å²) in [4.78, 5) is 12.3. The fraction of sp³-hybridized carbons (Fsp3) is 0.158. The van der Waals surface area contributed by atoms with Crippen LogP contribution in [0, 0.1) is 13.8 Å². The second-order valence-corrected chi connectivity index (χ2v) is 6.51. The van der Waals surface area contributed by atoms with Crippen molar-refractivity contribution in [3.05, 3.63) is 65.9 Å². The van der Waals surface area contributed by atoms with Gasteiger partial charge in [-0.15, -0.1) is 8.78 Å². The van der Waals surface area contributed by atoms with E-state index in [1.165, 1.54) is 28.9 Å². The molecule has 146 valence electrons. The molecule has 2 amide bonds. The molecular formula is C19H17ClF2N4O2. The lowest BCUT2D eigenvalue weighted by Crippen LogP contribution is -2.21. The summed E-state index contributed by atoms with van der Waals surface area (Å²) in [5.74, 6) is 0.317. The topological polar surface area (TPSA) is 68.2 Å². The maximum absolute atomic E-state index is 12.7. The normalized spacial score (nSPS) is 11.2. The van der Waals surface area contributed by atoms with Gasteiger partial charge in [-0.1, -0.05) is 17.7 Å². The molecule has 0 atom stereocenters. The summed E-state index contributed by atoms with van der Waals surface area (Å²) in [6.45, 7) is 3.72. The Labute approximate surface area is 165 Å². The lowest BCUT2D eigenvalue weighted by Gasteiger charge is -2.12. The highest BCUT2D eigenvalue weighted by Gasteiger charge is 2.27. The van der Waals surface area contributed by atoms with Gasteiger partial charge in [-0.2, -0.15) is 5.10 Å². The first-order valence-electron chi connectivity index (χ1n) is 8.27. The first-order valence-corrected chi connectivity index (χ1v) is 8.65. The molecule has 2 aromatic carbocycles. The van der Waals surface area contributed by atoms with Crippen molar-refractivity contribution in [1.29, 1.82) is 0 Å². The SMILES string of the molecule is Cc1ccc(NC(=O)Nc2cc(C)nn2-c2ccc(OC(F)(F)Cl)cc2)cc1. The molecule has 0 aliphatic heterocycles. The second kappa shape index (κ2) is 7.85. The van der Waals surface area contributed by atoms with Crippen LogP contribution in [0.4, 0.5) is 25.1 Å². The first kappa shape index (κ1) is 19.6. The van der Waals surface area contributed by atoms with Gasteiger partial charge in [0.2, 0.25) is 0 Å². The summed E-state index contributed by atoms with van der Waals surface area (Å²) in [5.41, 5.74) is -0.847. The number of ether oxygens (including phenoxy) is 1. The van der Waals surface area contributed by atoms with Crippen molar-refractivity contribution in [2.24, 2.45) is 0 Å². The molecule has 3 rings (SSSR count). The van der Waals surface area contributed by atoms with Crippen molar-refractivity contribution in [2.75, 3.05) is 10.6 Å². The van der Waals surface area contributed by atoms with Gasteiger partial charge in [0.15, 0.2) is 0 Å². The Morgan fingerprint density at radius 2 is 1.71 bits per heavy atom. The van der Waals surface area contributed by atoms with Crippen molar-refractivity contribution in [3.8, 4) is 11.4 Å². The van der Waals surface area contributed by atoms with Crippen LogP contribution in [-0.2, 0) is 0 Å². The Balaban J connectivity index is 1.75. The van der Waals surface area contributed by atoms with E-state index in [0.717, 1.165) is 5.56 Å². The summed E-state index contributed by atoms with van der Waals surface area (Å²) in [6, 6.07) is 14.3. The number of carbonyl (C=O) groups excluding carboxylic acids is 1. The molecule has 1 aromatic heterocycles. The Morgan fingerprint density at radius 1 is 1.07 bits per heavy atom. The molecule has 0 fully saturated rings. The minimum Gasteiger partial charge on any atom is -0.420 e. The van der Waals surface area contributed by atoms with Crippen LogP contribution < -0.4 is 15.4 Å². The van der Waals surface area contributed by atoms with Gasteiger partial charge in [-0.3, -0.25) is 5.32 Å². The summed E-state index contributed by atoms with van der Waals surface area (Å²) < 4.78 is 31.2. The number of benzene rings is 2. The van der Waals surface area contributed by atoms with Crippen LogP contribution >= 0.6 is 11.6 Å². The number of hydrogen-bond acceptors (Lipinski definition) is 3. The Bertz CT molecular complexity index is 967. The van der Waals surface area contributed by atoms with Gasteiger partial charge >= 0.3 is 11.6 Å². The molecule has 0 bridgehead atoms. The summed E-state index contributed by atoms with van der Waals surface area (Å²) in [5, 5.41) is 9.77. The fourth-order valence-electron chi connectivity index (χ4n) is 2.49. The van der Waals surface area contributed by atoms with Crippen molar-refractivity contribution in [1.82, 2.24) is 9.78 Å². The molecule has 0 spiro atoms. The van der Waals surface area contributed by atoms with Gasteiger partial charge in [0.05, 0.1) is 11.4 Å². The highest BCUT2D eigenvalue weighted by Crippen LogP contribution is 2.26. The van der Waals surface area contributed by atoms with Crippen molar-refractivity contribution in [2.45, 2.75) is 19.4 Å². The third kappa shape index (κ3) is 5.20. The van der Waals surface area contributed by atoms with E-state index < -0.39 is 11.6 Å². The van der Waals surface area contributed by atoms with Crippen LogP contribution in [0.2, 0.25) is 0 Å². The maximum Gasteiger partial charge on any atom is 0.487 e. The largest absolute Gasteiger partial charge is 0.487 e. The Hall–Kier alpha value is -3.13. The number of nitrogens with zero attached hydrogens (tertiary/aromatic N) is 2. The van der Waals surface area contributed by atoms with Crippen LogP contribution in [0.3, 0.4) is 0 Å². The van der Waals surface area contributed by atoms with E-state index >= 15 is 0 Å². The number of anilines is 2. The number of aromatic nitrogens is 2. The molecule has 0 saturated heterocycles. The standard InChI is InChI=1S/C19H17ClF2N4O2/c1-12-3-5-14(6-4-12)23-18(27)24-17-11-13(2)25-26(17)15-7-9-16(10-8-15)28-19(20,21)22/h3-11H,1-2H3,(H2,23,24,27). The van der Waals surface area contributed by atoms with Crippen LogP contribution in [0.15, 0.2) is 54.6 Å². The van der Waals surface area contributed by atoms with Gasteiger partial charge in [-0.25, -0.2) is 9.48 Å². The van der Waals surface area contributed by atoms with E-state index in [4.69, 9.17) is 11.6 Å². The van der Waals surface area contributed by atoms with Gasteiger partial charge in [0.1, 0.15) is 11.6 Å². The highest BCUT2D eigenvalue weighted by molar-refractivity contribution is 6.20. The quantitative estimate of drug-likeness (QED) is 0.565. The summed E-state index contributed by atoms with van der Waals surface area (Å²) in [6.07, 6.45) is 0. The van der Waals surface area contributed by atoms with Crippen molar-refractivity contribution >= 4 is 29.1 Å². The molecule has 9 heteroatoms. The summed E-state index contributed by atoms with van der Waals surface area (Å²) in [7, 11) is 0. The number of rotatable bonds is 5. The number of nitrogens with one attached hydrogen (secondary N) is 2. The predicted octanol–water partition coefficient (Wildman–Crippen LogP) is 5.30. The number of carbonyl (C=O) groups is 1. The number of urea groups is 1. The minimum atomic E-state index is -3.79. The van der Waals surface area contributed by atoms with Crippen molar-refractivity contribution < 1.29 is 18.3 Å². The van der Waals surface area contributed by atoms with E-state index in [1.807, 2.05) is 19.1 Å². The zero-order valence-corrected chi connectivity index (χ0v) is 15.8. The smallest absolute Gasteiger partial charge is 0.420 e. The third-order valence-corrected chi connectivity index (χ3v) is 3.77. The van der Waals surface area contributed by atoms with E-state index in [9.17, 15) is 13.6 Å². The van der Waals surface area contributed by atoms with Gasteiger partial charge in [0, 0.05) is 23.4 Å². The Morgan fingerprint density at radius 3 is 2.32 bits per heavy atom. The van der Waals surface area contributed by atoms with Crippen molar-refractivity contribution in [3.63, 3.8) is 0 Å². The van der Waals surface area contributed by atoms with Gasteiger partial charge < -0.3 is 10.1 Å². The van der Waals surface area contributed by atoms with E-state index in [-0.39, 0.29) is 5.75 Å². The zero-order valence-electron chi connectivity index (χ0n) is 15.0. The molecule has 2 N–H and O–H groups in total. The van der Waals surface area contributed by atoms with E-state index in [0.29, 0.717) is 22.9 Å². The molecule has 6 nitrogen and oxygen atoms in total. The monoisotopic (exact) mass is 406 g/mol. The number of halogens is 3. The zero-order chi connectivity index (χ0) is 20.3. The summed E-state index contributed by atoms with van der Waals surface area (Å²) >= 11 is 4.76. The van der Waals surface area contributed by atoms with Crippen LogP contribution in [0.5, 0.6) is 5.75 Å². The molecular weight excluding hydrogens is 390 g/mol. The lowest BCUT2D eigenvalue weighted by molar-refractivity contribution is -0.0964. The van der Waals surface area contributed by atoms with Crippen LogP contribution in [-0.4, -0.2) is 21.4 Å². The predicted molar refractivity (Wildman–Crippen MR) is 104 cm³/mol. The number of hydrogen-bond donors (Lipinski definition) is 2. The maximum atomic E-state index is 12.7. The van der Waals surface area contributed by atoms with Gasteiger partial charge in [-0.05, 0) is 50.2 Å². The molecule has 0 radical (unpaired) electrons. The minimum absolute atomic E-state index is 0.0979. The average Bonchev–Trinajstić information content (AvgIpc) is 2.96. The molecule has 1 heterocycles. The molecule has 28 heavy (non-hydrogen) atoms. The first-order chi connectivity index (χ1) is 13.2. The molecule has 0 unspecified atom stereocenters. The van der Waals surface area contributed by atoms with E-state index in [1.54, 1.807) is 25.1 Å². The number of amides is 2. The highest BCUT2D eigenvalue weighted by atomic mass is 35.5. The Kier molecular flexibility index (Phi) is 5.51. The third-order valence-electron chi connectivity index (χ3n) is 3.70. The fourth-order valence-corrected chi connectivity index (χ4v) is 2.58. The molecule has 3 aromatic rings. The molecule has 0 aliphatic rings. The number of alkyl halides is 3. The number of aryl methyl sites for hydroxylation is 2. The molecule has 0 aliphatic carbocycles. The average molecular weight is 407 g/mol. The van der Waals surface area contributed by atoms with E-state index in [2.05, 4.69) is 20.5 Å². The van der Waals surface area contributed by atoms with Crippen LogP contribution in [0.25, 0.3) is 5.69 Å². The second-order valence-electron chi connectivity index (χ2n) is 6.07. The molecule has 0 saturated carbocycles.